The summed E-state index contributed by atoms with van der Waals surface area (Å²) in [5, 5.41) is 9.09. The minimum atomic E-state index is 0.00888. The van der Waals surface area contributed by atoms with E-state index in [4.69, 9.17) is 5.11 Å². The summed E-state index contributed by atoms with van der Waals surface area (Å²) in [6.07, 6.45) is 8.07. The summed E-state index contributed by atoms with van der Waals surface area (Å²) in [5.41, 5.74) is 0. The van der Waals surface area contributed by atoms with Gasteiger partial charge < -0.3 is 10.0 Å². The van der Waals surface area contributed by atoms with Crippen molar-refractivity contribution < 1.29 is 9.90 Å². The van der Waals surface area contributed by atoms with Gasteiger partial charge in [0.1, 0.15) is 0 Å². The molecule has 0 bridgehead atoms. The Bertz CT molecular complexity index is 299. The molecule has 0 aromatic heterocycles. The highest BCUT2D eigenvalue weighted by Crippen LogP contribution is 2.22. The van der Waals surface area contributed by atoms with Crippen molar-refractivity contribution in [3.05, 3.63) is 0 Å². The van der Waals surface area contributed by atoms with E-state index in [9.17, 15) is 4.79 Å². The zero-order valence-corrected chi connectivity index (χ0v) is 12.9. The summed E-state index contributed by atoms with van der Waals surface area (Å²) in [5.74, 6) is 0.879. The van der Waals surface area contributed by atoms with Crippen LogP contribution in [0, 0.1) is 5.92 Å². The Morgan fingerprint density at radius 1 is 1.15 bits per heavy atom. The number of likely N-dealkylation sites (tertiary alicyclic amines) is 2. The molecule has 2 rings (SSSR count). The van der Waals surface area contributed by atoms with E-state index >= 15 is 0 Å². The Labute approximate surface area is 123 Å². The molecule has 1 N–H and O–H groups in total. The molecule has 4 nitrogen and oxygen atoms in total. The first kappa shape index (κ1) is 15.8. The van der Waals surface area contributed by atoms with Crippen LogP contribution in [-0.2, 0) is 4.79 Å². The maximum Gasteiger partial charge on any atom is 0.239 e. The average molecular weight is 282 g/mol. The fraction of sp³-hybridized carbons (Fsp3) is 0.938. The number of nitrogens with zero attached hydrogens (tertiary/aromatic N) is 2. The minimum absolute atomic E-state index is 0.00888. The second kappa shape index (κ2) is 7.99. The molecule has 2 atom stereocenters. The number of carbonyl (C=O) groups is 1. The van der Waals surface area contributed by atoms with Crippen molar-refractivity contribution in [3.8, 4) is 0 Å². The number of amides is 1. The molecule has 4 heteroatoms. The third-order valence-electron chi connectivity index (χ3n) is 4.91. The molecule has 0 aromatic carbocycles. The normalized spacial score (nSPS) is 27.1. The van der Waals surface area contributed by atoms with Gasteiger partial charge in [0.25, 0.3) is 0 Å². The molecule has 2 unspecified atom stereocenters. The third kappa shape index (κ3) is 4.19. The molecule has 0 aliphatic carbocycles. The number of rotatable bonds is 4. The Balaban J connectivity index is 1.88. The molecule has 2 saturated heterocycles. The van der Waals surface area contributed by atoms with E-state index in [1.54, 1.807) is 0 Å². The lowest BCUT2D eigenvalue weighted by molar-refractivity contribution is -0.137. The summed E-state index contributed by atoms with van der Waals surface area (Å²) in [6, 6.07) is 0.00888. The van der Waals surface area contributed by atoms with Gasteiger partial charge in [0.2, 0.25) is 5.91 Å². The molecule has 2 fully saturated rings. The number of aliphatic hydroxyl groups is 1. The Kier molecular flexibility index (Phi) is 6.30. The molecule has 2 aliphatic heterocycles. The van der Waals surface area contributed by atoms with Crippen molar-refractivity contribution in [2.75, 3.05) is 32.8 Å². The lowest BCUT2D eigenvalue weighted by Crippen LogP contribution is -2.50. The Morgan fingerprint density at radius 2 is 1.85 bits per heavy atom. The maximum atomic E-state index is 12.6. The number of carbonyl (C=O) groups excluding carboxylic acids is 1. The lowest BCUT2D eigenvalue weighted by Gasteiger charge is -2.37. The van der Waals surface area contributed by atoms with Crippen LogP contribution < -0.4 is 0 Å². The van der Waals surface area contributed by atoms with Crippen LogP contribution in [0.25, 0.3) is 0 Å². The molecular formula is C16H30N2O2. The second-order valence-electron chi connectivity index (χ2n) is 6.43. The van der Waals surface area contributed by atoms with Crippen LogP contribution >= 0.6 is 0 Å². The van der Waals surface area contributed by atoms with E-state index in [1.165, 1.54) is 19.3 Å². The molecule has 20 heavy (non-hydrogen) atoms. The van der Waals surface area contributed by atoms with Crippen molar-refractivity contribution in [1.82, 2.24) is 9.80 Å². The van der Waals surface area contributed by atoms with Crippen molar-refractivity contribution in [1.29, 1.82) is 0 Å². The van der Waals surface area contributed by atoms with Crippen molar-refractivity contribution in [2.24, 2.45) is 5.92 Å². The fourth-order valence-electron chi connectivity index (χ4n) is 3.58. The lowest BCUT2D eigenvalue weighted by atomic mass is 9.94. The van der Waals surface area contributed by atoms with Gasteiger partial charge in [0.15, 0.2) is 0 Å². The molecule has 0 radical (unpaired) electrons. The smallest absolute Gasteiger partial charge is 0.239 e. The van der Waals surface area contributed by atoms with Gasteiger partial charge in [0.05, 0.1) is 6.04 Å². The van der Waals surface area contributed by atoms with Crippen LogP contribution in [0.3, 0.4) is 0 Å². The molecule has 2 heterocycles. The Morgan fingerprint density at radius 3 is 2.50 bits per heavy atom. The van der Waals surface area contributed by atoms with E-state index < -0.39 is 0 Å². The van der Waals surface area contributed by atoms with Crippen LogP contribution in [0.1, 0.15) is 51.9 Å². The second-order valence-corrected chi connectivity index (χ2v) is 6.43. The highest BCUT2D eigenvalue weighted by molar-refractivity contribution is 5.81. The third-order valence-corrected chi connectivity index (χ3v) is 4.91. The van der Waals surface area contributed by atoms with Gasteiger partial charge >= 0.3 is 0 Å². The zero-order valence-electron chi connectivity index (χ0n) is 12.9. The van der Waals surface area contributed by atoms with Crippen molar-refractivity contribution in [2.45, 2.75) is 57.9 Å². The van der Waals surface area contributed by atoms with Gasteiger partial charge in [0, 0.05) is 26.2 Å². The van der Waals surface area contributed by atoms with Crippen LogP contribution in [0.5, 0.6) is 0 Å². The van der Waals surface area contributed by atoms with Gasteiger partial charge in [-0.25, -0.2) is 0 Å². The first-order valence-corrected chi connectivity index (χ1v) is 8.36. The Hall–Kier alpha value is -0.610. The number of piperidine rings is 1. The largest absolute Gasteiger partial charge is 0.396 e. The standard InChI is InChI=1S/C16H30N2O2/c1-14(16(20)17-9-4-2-3-5-10-17)18-11-6-7-15(13-18)8-12-19/h14-15,19H,2-13H2,1H3. The number of hydrogen-bond acceptors (Lipinski definition) is 3. The van der Waals surface area contributed by atoms with E-state index in [1.807, 2.05) is 0 Å². The van der Waals surface area contributed by atoms with Gasteiger partial charge in [-0.1, -0.05) is 12.8 Å². The molecule has 0 saturated carbocycles. The van der Waals surface area contributed by atoms with E-state index in [2.05, 4.69) is 16.7 Å². The van der Waals surface area contributed by atoms with Crippen molar-refractivity contribution in [3.63, 3.8) is 0 Å². The van der Waals surface area contributed by atoms with E-state index in [0.29, 0.717) is 11.8 Å². The van der Waals surface area contributed by atoms with Crippen LogP contribution in [0.15, 0.2) is 0 Å². The van der Waals surface area contributed by atoms with Gasteiger partial charge in [-0.3, -0.25) is 9.69 Å². The van der Waals surface area contributed by atoms with Crippen LogP contribution in [-0.4, -0.2) is 59.6 Å². The molecule has 2 aliphatic rings. The van der Waals surface area contributed by atoms with Gasteiger partial charge in [-0.05, 0) is 51.5 Å². The molecule has 0 aromatic rings. The minimum Gasteiger partial charge on any atom is -0.396 e. The zero-order chi connectivity index (χ0) is 14.4. The fourth-order valence-corrected chi connectivity index (χ4v) is 3.58. The van der Waals surface area contributed by atoms with E-state index in [-0.39, 0.29) is 12.6 Å². The first-order chi connectivity index (χ1) is 9.72. The monoisotopic (exact) mass is 282 g/mol. The summed E-state index contributed by atoms with van der Waals surface area (Å²) < 4.78 is 0. The summed E-state index contributed by atoms with van der Waals surface area (Å²) in [4.78, 5) is 17.1. The predicted octanol–water partition coefficient (Wildman–Crippen LogP) is 1.87. The molecule has 1 amide bonds. The van der Waals surface area contributed by atoms with Crippen LogP contribution in [0.2, 0.25) is 0 Å². The quantitative estimate of drug-likeness (QED) is 0.856. The maximum absolute atomic E-state index is 12.6. The summed E-state index contributed by atoms with van der Waals surface area (Å²) >= 11 is 0. The SMILES string of the molecule is CC(C(=O)N1CCCCCC1)N1CCCC(CCO)C1. The summed E-state index contributed by atoms with van der Waals surface area (Å²) in [6.45, 7) is 6.22. The van der Waals surface area contributed by atoms with Crippen molar-refractivity contribution >= 4 is 5.91 Å². The number of aliphatic hydroxyl groups excluding tert-OH is 1. The topological polar surface area (TPSA) is 43.8 Å². The van der Waals surface area contributed by atoms with E-state index in [0.717, 1.165) is 51.9 Å². The molecule has 0 spiro atoms. The highest BCUT2D eigenvalue weighted by atomic mass is 16.3. The summed E-state index contributed by atoms with van der Waals surface area (Å²) in [7, 11) is 0. The number of hydrogen-bond donors (Lipinski definition) is 1. The molecular weight excluding hydrogens is 252 g/mol. The first-order valence-electron chi connectivity index (χ1n) is 8.36. The van der Waals surface area contributed by atoms with Crippen LogP contribution in [0.4, 0.5) is 0 Å². The predicted molar refractivity (Wildman–Crippen MR) is 80.5 cm³/mol. The average Bonchev–Trinajstić information content (AvgIpc) is 2.75. The van der Waals surface area contributed by atoms with Gasteiger partial charge in [-0.15, -0.1) is 0 Å². The molecule has 116 valence electrons. The highest BCUT2D eigenvalue weighted by Gasteiger charge is 2.29. The van der Waals surface area contributed by atoms with Gasteiger partial charge in [-0.2, -0.15) is 0 Å².